The number of benzene rings is 2. The molecule has 2 aliphatic heterocycles. The molecule has 1 N–H and O–H groups in total. The molecule has 0 atom stereocenters. The summed E-state index contributed by atoms with van der Waals surface area (Å²) in [5.41, 5.74) is 2.93. The van der Waals surface area contributed by atoms with Crippen molar-refractivity contribution in [3.05, 3.63) is 85.5 Å². The number of hydrogen-bond acceptors (Lipinski definition) is 6. The first-order valence-electron chi connectivity index (χ1n) is 10.6. The third kappa shape index (κ3) is 3.74. The first-order valence-corrected chi connectivity index (χ1v) is 11.0. The number of nitrogens with zero attached hydrogens (tertiary/aromatic N) is 2. The molecule has 3 aromatic rings. The Labute approximate surface area is 194 Å². The van der Waals surface area contributed by atoms with Crippen molar-refractivity contribution in [1.29, 1.82) is 0 Å². The van der Waals surface area contributed by atoms with Crippen LogP contribution in [-0.2, 0) is 13.0 Å². The van der Waals surface area contributed by atoms with Gasteiger partial charge in [-0.05, 0) is 55.4 Å². The highest BCUT2D eigenvalue weighted by Gasteiger charge is 2.34. The maximum atomic E-state index is 13.0. The second-order valence-corrected chi connectivity index (χ2v) is 8.40. The van der Waals surface area contributed by atoms with E-state index >= 15 is 0 Å². The number of aromatic amines is 1. The molecule has 0 aliphatic carbocycles. The van der Waals surface area contributed by atoms with Gasteiger partial charge in [-0.1, -0.05) is 18.2 Å². The molecule has 8 nitrogen and oxygen atoms in total. The number of carbonyl (C=O) groups excluding carboxylic acids is 2. The maximum absolute atomic E-state index is 13.0. The molecule has 0 saturated carbocycles. The van der Waals surface area contributed by atoms with Gasteiger partial charge in [0.05, 0.1) is 11.1 Å². The Bertz CT molecular complexity index is 1370. The van der Waals surface area contributed by atoms with Gasteiger partial charge in [0.2, 0.25) is 6.79 Å². The number of imide groups is 1. The molecule has 0 spiro atoms. The van der Waals surface area contributed by atoms with Crippen LogP contribution in [0.5, 0.6) is 11.5 Å². The Balaban J connectivity index is 1.30. The Hall–Kier alpha value is -3.72. The highest BCUT2D eigenvalue weighted by Crippen LogP contribution is 2.33. The maximum Gasteiger partial charge on any atom is 0.261 e. The average Bonchev–Trinajstić information content (AvgIpc) is 3.37. The highest BCUT2D eigenvalue weighted by molar-refractivity contribution is 7.71. The smallest absolute Gasteiger partial charge is 0.261 e. The van der Waals surface area contributed by atoms with E-state index in [1.165, 1.54) is 9.47 Å². The Morgan fingerprint density at radius 3 is 2.39 bits per heavy atom. The molecule has 2 aliphatic rings. The van der Waals surface area contributed by atoms with E-state index in [1.54, 1.807) is 31.2 Å². The lowest BCUT2D eigenvalue weighted by Crippen LogP contribution is -2.33. The molecule has 1 aromatic heterocycles. The summed E-state index contributed by atoms with van der Waals surface area (Å²) in [5.74, 6) is 0.786. The summed E-state index contributed by atoms with van der Waals surface area (Å²) in [6, 6.07) is 12.4. The van der Waals surface area contributed by atoms with Crippen molar-refractivity contribution in [2.75, 3.05) is 13.3 Å². The first kappa shape index (κ1) is 21.1. The van der Waals surface area contributed by atoms with Gasteiger partial charge in [0.15, 0.2) is 16.3 Å². The van der Waals surface area contributed by atoms with E-state index in [4.69, 9.17) is 21.7 Å². The van der Waals surface area contributed by atoms with Gasteiger partial charge in [-0.2, -0.15) is 0 Å². The number of amides is 2. The number of rotatable bonds is 6. The summed E-state index contributed by atoms with van der Waals surface area (Å²) in [6.07, 6.45) is 0.918. The molecule has 9 heteroatoms. The zero-order chi connectivity index (χ0) is 23.1. The van der Waals surface area contributed by atoms with Gasteiger partial charge in [0, 0.05) is 30.8 Å². The molecular formula is C24H21N3O5S. The van der Waals surface area contributed by atoms with Gasteiger partial charge >= 0.3 is 0 Å². The van der Waals surface area contributed by atoms with Crippen molar-refractivity contribution >= 4 is 24.0 Å². The van der Waals surface area contributed by atoms with Crippen LogP contribution in [-0.4, -0.2) is 39.6 Å². The molecule has 2 amide bonds. The fourth-order valence-corrected chi connectivity index (χ4v) is 4.48. The van der Waals surface area contributed by atoms with E-state index < -0.39 is 0 Å². The molecule has 3 heterocycles. The zero-order valence-corrected chi connectivity index (χ0v) is 18.7. The first-order chi connectivity index (χ1) is 15.9. The Kier molecular flexibility index (Phi) is 5.33. The summed E-state index contributed by atoms with van der Waals surface area (Å²) in [6.45, 7) is 2.48. The number of H-pyrrole nitrogens is 1. The SMILES string of the molecule is Cc1c(Cc2ccc3c(c2)OCO3)[nH]c(=S)n(CCCN2C(=O)c3ccccc3C2=O)c1=O. The van der Waals surface area contributed by atoms with Crippen LogP contribution in [0.4, 0.5) is 0 Å². The molecule has 5 rings (SSSR count). The van der Waals surface area contributed by atoms with Gasteiger partial charge in [-0.25, -0.2) is 0 Å². The van der Waals surface area contributed by atoms with Crippen LogP contribution in [0.15, 0.2) is 47.3 Å². The lowest BCUT2D eigenvalue weighted by Gasteiger charge is -2.15. The molecule has 0 bridgehead atoms. The summed E-state index contributed by atoms with van der Waals surface area (Å²) in [7, 11) is 0. The molecule has 0 fully saturated rings. The van der Waals surface area contributed by atoms with Gasteiger partial charge in [0.25, 0.3) is 17.4 Å². The third-order valence-electron chi connectivity index (χ3n) is 5.98. The lowest BCUT2D eigenvalue weighted by atomic mass is 10.1. The van der Waals surface area contributed by atoms with Crippen molar-refractivity contribution in [3.63, 3.8) is 0 Å². The molecule has 0 saturated heterocycles. The molecule has 0 radical (unpaired) electrons. The van der Waals surface area contributed by atoms with E-state index in [9.17, 15) is 14.4 Å². The third-order valence-corrected chi connectivity index (χ3v) is 6.30. The average molecular weight is 464 g/mol. The van der Waals surface area contributed by atoms with Crippen LogP contribution in [0, 0.1) is 11.7 Å². The predicted octanol–water partition coefficient (Wildman–Crippen LogP) is 3.22. The second-order valence-electron chi connectivity index (χ2n) is 8.02. The summed E-state index contributed by atoms with van der Waals surface area (Å²) >= 11 is 5.45. The zero-order valence-electron chi connectivity index (χ0n) is 17.9. The topological polar surface area (TPSA) is 93.6 Å². The van der Waals surface area contributed by atoms with E-state index in [0.29, 0.717) is 52.3 Å². The van der Waals surface area contributed by atoms with Crippen LogP contribution in [0.25, 0.3) is 0 Å². The van der Waals surface area contributed by atoms with E-state index in [0.717, 1.165) is 11.3 Å². The van der Waals surface area contributed by atoms with Crippen LogP contribution in [0.1, 0.15) is 44.0 Å². The van der Waals surface area contributed by atoms with Crippen molar-refractivity contribution in [1.82, 2.24) is 14.5 Å². The van der Waals surface area contributed by atoms with E-state index in [2.05, 4.69) is 4.98 Å². The van der Waals surface area contributed by atoms with Crippen LogP contribution < -0.4 is 15.0 Å². The summed E-state index contributed by atoms with van der Waals surface area (Å²) < 4.78 is 12.6. The minimum Gasteiger partial charge on any atom is -0.454 e. The van der Waals surface area contributed by atoms with Crippen molar-refractivity contribution in [2.24, 2.45) is 0 Å². The minimum absolute atomic E-state index is 0.183. The van der Waals surface area contributed by atoms with Crippen LogP contribution in [0.3, 0.4) is 0 Å². The van der Waals surface area contributed by atoms with Crippen molar-refractivity contribution in [3.8, 4) is 11.5 Å². The van der Waals surface area contributed by atoms with Crippen molar-refractivity contribution < 1.29 is 19.1 Å². The summed E-state index contributed by atoms with van der Waals surface area (Å²) in [4.78, 5) is 42.4. The molecule has 0 unspecified atom stereocenters. The van der Waals surface area contributed by atoms with E-state index in [1.807, 2.05) is 18.2 Å². The quantitative estimate of drug-likeness (QED) is 0.446. The molecular weight excluding hydrogens is 442 g/mol. The van der Waals surface area contributed by atoms with Gasteiger partial charge < -0.3 is 14.5 Å². The summed E-state index contributed by atoms with van der Waals surface area (Å²) in [5, 5.41) is 0. The number of hydrogen-bond donors (Lipinski definition) is 1. The van der Waals surface area contributed by atoms with Crippen LogP contribution in [0.2, 0.25) is 0 Å². The molecule has 2 aromatic carbocycles. The number of ether oxygens (including phenoxy) is 2. The highest BCUT2D eigenvalue weighted by atomic mass is 32.1. The molecule has 168 valence electrons. The van der Waals surface area contributed by atoms with E-state index in [-0.39, 0.29) is 30.7 Å². The van der Waals surface area contributed by atoms with Gasteiger partial charge in [-0.15, -0.1) is 0 Å². The number of fused-ring (bicyclic) bond motifs is 2. The lowest BCUT2D eigenvalue weighted by molar-refractivity contribution is 0.0650. The fourth-order valence-electron chi connectivity index (χ4n) is 4.18. The number of carbonyl (C=O) groups is 2. The predicted molar refractivity (Wildman–Crippen MR) is 122 cm³/mol. The van der Waals surface area contributed by atoms with Crippen LogP contribution >= 0.6 is 12.2 Å². The van der Waals surface area contributed by atoms with Gasteiger partial charge in [0.1, 0.15) is 0 Å². The number of nitrogens with one attached hydrogen (secondary N) is 1. The normalized spacial score (nSPS) is 14.2. The van der Waals surface area contributed by atoms with Gasteiger partial charge in [-0.3, -0.25) is 23.9 Å². The number of aromatic nitrogens is 2. The fraction of sp³-hybridized carbons (Fsp3) is 0.250. The Morgan fingerprint density at radius 2 is 1.67 bits per heavy atom. The van der Waals surface area contributed by atoms with Crippen molar-refractivity contribution in [2.45, 2.75) is 26.3 Å². The molecule has 33 heavy (non-hydrogen) atoms. The monoisotopic (exact) mass is 463 g/mol. The Morgan fingerprint density at radius 1 is 0.970 bits per heavy atom. The standard InChI is InChI=1S/C24H21N3O5S/c1-14-18(11-15-7-8-19-20(12-15)32-13-31-19)25-24(33)27(21(14)28)10-4-9-26-22(29)16-5-2-3-6-17(16)23(26)30/h2-3,5-8,12H,4,9-11,13H2,1H3,(H,25,33). The largest absolute Gasteiger partial charge is 0.454 e. The minimum atomic E-state index is -0.302. The second kappa shape index (κ2) is 8.32.